The van der Waals surface area contributed by atoms with Crippen LogP contribution in [0.5, 0.6) is 0 Å². The predicted octanol–water partition coefficient (Wildman–Crippen LogP) is 4.30. The van der Waals surface area contributed by atoms with Gasteiger partial charge in [-0.1, -0.05) is 30.3 Å². The molecule has 36 heavy (non-hydrogen) atoms. The van der Waals surface area contributed by atoms with Crippen molar-refractivity contribution in [1.82, 2.24) is 9.88 Å². The van der Waals surface area contributed by atoms with Crippen molar-refractivity contribution in [2.75, 3.05) is 17.8 Å². The molecule has 0 aliphatic carbocycles. The number of hydrogen-bond acceptors (Lipinski definition) is 5. The Morgan fingerprint density at radius 1 is 0.972 bits per heavy atom. The van der Waals surface area contributed by atoms with E-state index in [1.165, 1.54) is 30.3 Å². The Morgan fingerprint density at radius 3 is 2.39 bits per heavy atom. The lowest BCUT2D eigenvalue weighted by Gasteiger charge is -2.38. The van der Waals surface area contributed by atoms with E-state index >= 15 is 0 Å². The van der Waals surface area contributed by atoms with Crippen molar-refractivity contribution in [3.8, 4) is 0 Å². The second kappa shape index (κ2) is 9.33. The van der Waals surface area contributed by atoms with Crippen LogP contribution >= 0.6 is 0 Å². The Labute approximate surface area is 208 Å². The fraction of sp³-hybridized carbons (Fsp3) is 0.185. The van der Waals surface area contributed by atoms with Crippen LogP contribution < -0.4 is 4.72 Å². The summed E-state index contributed by atoms with van der Waals surface area (Å²) in [4.78, 5) is 18.9. The number of nitrogens with zero attached hydrogens (tertiary/aromatic N) is 2. The van der Waals surface area contributed by atoms with Crippen molar-refractivity contribution in [1.29, 1.82) is 0 Å². The number of hydrogen-bond donors (Lipinski definition) is 2. The molecule has 9 heteroatoms. The summed E-state index contributed by atoms with van der Waals surface area (Å²) in [5.41, 5.74) is 0.423. The molecule has 2 heterocycles. The van der Waals surface area contributed by atoms with Crippen molar-refractivity contribution in [3.05, 3.63) is 102 Å². The van der Waals surface area contributed by atoms with Crippen LogP contribution in [0.2, 0.25) is 0 Å². The van der Waals surface area contributed by atoms with Gasteiger partial charge < -0.3 is 10.0 Å². The largest absolute Gasteiger partial charge is 0.385 e. The van der Waals surface area contributed by atoms with Gasteiger partial charge in [-0.05, 0) is 66.9 Å². The SMILES string of the molecule is O=C(c1ccc(NS(=O)(=O)c2cccc3cccnc23)cc1)N1CCC(O)(c2cccc(F)c2)CC1. The minimum atomic E-state index is -3.90. The quantitative estimate of drug-likeness (QED) is 0.421. The van der Waals surface area contributed by atoms with Gasteiger partial charge in [0.15, 0.2) is 0 Å². The second-order valence-electron chi connectivity index (χ2n) is 8.85. The first-order valence-corrected chi connectivity index (χ1v) is 13.0. The molecule has 1 aliphatic heterocycles. The summed E-state index contributed by atoms with van der Waals surface area (Å²) in [5.74, 6) is -0.629. The maximum absolute atomic E-state index is 13.6. The summed E-state index contributed by atoms with van der Waals surface area (Å²) < 4.78 is 42.2. The molecule has 2 N–H and O–H groups in total. The van der Waals surface area contributed by atoms with Crippen LogP contribution in [-0.2, 0) is 15.6 Å². The van der Waals surface area contributed by atoms with E-state index in [2.05, 4.69) is 9.71 Å². The highest BCUT2D eigenvalue weighted by Crippen LogP contribution is 2.33. The minimum Gasteiger partial charge on any atom is -0.385 e. The lowest BCUT2D eigenvalue weighted by molar-refractivity contribution is -0.0213. The molecule has 1 amide bonds. The first-order valence-electron chi connectivity index (χ1n) is 11.5. The van der Waals surface area contributed by atoms with Crippen LogP contribution in [0.4, 0.5) is 10.1 Å². The van der Waals surface area contributed by atoms with E-state index in [1.54, 1.807) is 59.6 Å². The summed E-state index contributed by atoms with van der Waals surface area (Å²) in [6, 6.07) is 20.6. The maximum atomic E-state index is 13.6. The number of likely N-dealkylation sites (tertiary alicyclic amines) is 1. The number of piperidine rings is 1. The molecule has 3 aromatic carbocycles. The summed E-state index contributed by atoms with van der Waals surface area (Å²) in [7, 11) is -3.90. The molecule has 0 atom stereocenters. The molecule has 1 fully saturated rings. The number of pyridine rings is 1. The molecular formula is C27H24FN3O4S. The molecule has 7 nitrogen and oxygen atoms in total. The van der Waals surface area contributed by atoms with Crippen molar-refractivity contribution < 1.29 is 22.7 Å². The van der Waals surface area contributed by atoms with Crippen LogP contribution in [0.25, 0.3) is 10.9 Å². The molecule has 5 rings (SSSR count). The van der Waals surface area contributed by atoms with E-state index in [9.17, 15) is 22.7 Å². The summed E-state index contributed by atoms with van der Waals surface area (Å²) in [6.07, 6.45) is 2.12. The molecule has 0 radical (unpaired) electrons. The number of benzene rings is 3. The van der Waals surface area contributed by atoms with Gasteiger partial charge >= 0.3 is 0 Å². The third kappa shape index (κ3) is 4.67. The zero-order valence-electron chi connectivity index (χ0n) is 19.3. The summed E-state index contributed by atoms with van der Waals surface area (Å²) in [5, 5.41) is 11.7. The number of para-hydroxylation sites is 1. The number of carbonyl (C=O) groups is 1. The number of anilines is 1. The van der Waals surface area contributed by atoms with Crippen LogP contribution in [0, 0.1) is 5.82 Å². The number of aliphatic hydroxyl groups is 1. The first kappa shape index (κ1) is 23.9. The molecule has 0 saturated carbocycles. The number of amides is 1. The smallest absolute Gasteiger partial charge is 0.264 e. The Hall–Kier alpha value is -3.82. The number of fused-ring (bicyclic) bond motifs is 1. The summed E-state index contributed by atoms with van der Waals surface area (Å²) in [6.45, 7) is 0.628. The zero-order valence-corrected chi connectivity index (χ0v) is 20.1. The van der Waals surface area contributed by atoms with Crippen LogP contribution in [-0.4, -0.2) is 42.4 Å². The van der Waals surface area contributed by atoms with E-state index in [0.717, 1.165) is 0 Å². The minimum absolute atomic E-state index is 0.0693. The van der Waals surface area contributed by atoms with Crippen LogP contribution in [0.3, 0.4) is 0 Å². The molecule has 1 aromatic heterocycles. The van der Waals surface area contributed by atoms with Crippen molar-refractivity contribution in [2.24, 2.45) is 0 Å². The Morgan fingerprint density at radius 2 is 1.67 bits per heavy atom. The molecule has 0 unspecified atom stereocenters. The van der Waals surface area contributed by atoms with Gasteiger partial charge in [0.25, 0.3) is 15.9 Å². The average molecular weight is 506 g/mol. The topological polar surface area (TPSA) is 99.6 Å². The summed E-state index contributed by atoms with van der Waals surface area (Å²) >= 11 is 0. The molecule has 0 spiro atoms. The van der Waals surface area contributed by atoms with Crippen LogP contribution in [0.15, 0.2) is 90.0 Å². The van der Waals surface area contributed by atoms with Gasteiger partial charge in [0, 0.05) is 35.9 Å². The fourth-order valence-electron chi connectivity index (χ4n) is 4.51. The van der Waals surface area contributed by atoms with Crippen molar-refractivity contribution in [2.45, 2.75) is 23.3 Å². The first-order chi connectivity index (χ1) is 17.2. The average Bonchev–Trinajstić information content (AvgIpc) is 2.88. The van der Waals surface area contributed by atoms with Gasteiger partial charge in [0.1, 0.15) is 10.7 Å². The molecule has 1 saturated heterocycles. The number of carbonyl (C=O) groups excluding carboxylic acids is 1. The Balaban J connectivity index is 1.27. The van der Waals surface area contributed by atoms with Gasteiger partial charge in [-0.2, -0.15) is 0 Å². The van der Waals surface area contributed by atoms with Crippen molar-refractivity contribution in [3.63, 3.8) is 0 Å². The van der Waals surface area contributed by atoms with Gasteiger partial charge in [-0.15, -0.1) is 0 Å². The zero-order chi connectivity index (χ0) is 25.3. The lowest BCUT2D eigenvalue weighted by atomic mass is 9.84. The van der Waals surface area contributed by atoms with E-state index in [0.29, 0.717) is 53.6 Å². The monoisotopic (exact) mass is 505 g/mol. The van der Waals surface area contributed by atoms with Gasteiger partial charge in [-0.25, -0.2) is 12.8 Å². The number of sulfonamides is 1. The standard InChI is InChI=1S/C27H24FN3O4S/c28-22-7-2-6-21(18-22)27(33)13-16-31(17-14-27)26(32)20-9-11-23(12-10-20)30-36(34,35)24-8-1-4-19-5-3-15-29-25(19)24/h1-12,15,18,30,33H,13-14,16-17H2. The number of aromatic nitrogens is 1. The number of nitrogens with one attached hydrogen (secondary N) is 1. The Bertz CT molecular complexity index is 1530. The predicted molar refractivity (Wildman–Crippen MR) is 134 cm³/mol. The lowest BCUT2D eigenvalue weighted by Crippen LogP contribution is -2.45. The third-order valence-corrected chi connectivity index (χ3v) is 7.92. The van der Waals surface area contributed by atoms with E-state index in [4.69, 9.17) is 0 Å². The third-order valence-electron chi connectivity index (χ3n) is 6.51. The molecular weight excluding hydrogens is 481 g/mol. The van der Waals surface area contributed by atoms with Crippen LogP contribution in [0.1, 0.15) is 28.8 Å². The number of halogens is 1. The number of rotatable bonds is 5. The van der Waals surface area contributed by atoms with Gasteiger partial charge in [0.05, 0.1) is 11.1 Å². The van der Waals surface area contributed by atoms with E-state index in [-0.39, 0.29) is 10.8 Å². The molecule has 1 aliphatic rings. The highest BCUT2D eigenvalue weighted by Gasteiger charge is 2.35. The van der Waals surface area contributed by atoms with E-state index in [1.807, 2.05) is 0 Å². The second-order valence-corrected chi connectivity index (χ2v) is 10.5. The van der Waals surface area contributed by atoms with Crippen molar-refractivity contribution >= 4 is 32.5 Å². The molecule has 4 aromatic rings. The fourth-order valence-corrected chi connectivity index (χ4v) is 5.75. The molecule has 184 valence electrons. The van der Waals surface area contributed by atoms with E-state index < -0.39 is 21.4 Å². The normalized spacial score (nSPS) is 15.6. The van der Waals surface area contributed by atoms with Gasteiger partial charge in [0.2, 0.25) is 0 Å². The maximum Gasteiger partial charge on any atom is 0.264 e. The molecule has 0 bridgehead atoms. The van der Waals surface area contributed by atoms with Gasteiger partial charge in [-0.3, -0.25) is 14.5 Å². The highest BCUT2D eigenvalue weighted by atomic mass is 32.2. The Kier molecular flexibility index (Phi) is 6.19. The highest BCUT2D eigenvalue weighted by molar-refractivity contribution is 7.93.